The Bertz CT molecular complexity index is 918. The number of rotatable bonds is 4. The fourth-order valence-corrected chi connectivity index (χ4v) is 3.14. The van der Waals surface area contributed by atoms with Gasteiger partial charge in [-0.15, -0.1) is 0 Å². The van der Waals surface area contributed by atoms with Crippen LogP contribution in [-0.4, -0.2) is 21.3 Å². The number of methoxy groups -OCH3 is 3. The average molecular weight is 318 g/mol. The molecular weight excluding hydrogens is 300 g/mol. The second-order valence-electron chi connectivity index (χ2n) is 5.75. The standard InChI is InChI=1S/C21H18O3/c1-22-14-6-4-5-13(9-14)10-15-16-11-18-19(12-17(15)16)21(24-3)8-7-20(18)23-2/h4-12H,1-3H3. The van der Waals surface area contributed by atoms with Crippen molar-refractivity contribution in [2.45, 2.75) is 0 Å². The Kier molecular flexibility index (Phi) is 3.42. The molecule has 1 aliphatic carbocycles. The highest BCUT2D eigenvalue weighted by Crippen LogP contribution is 2.49. The van der Waals surface area contributed by atoms with Crippen LogP contribution in [0.3, 0.4) is 0 Å². The Labute approximate surface area is 141 Å². The normalized spacial score (nSPS) is 11.9. The highest BCUT2D eigenvalue weighted by atomic mass is 16.5. The van der Waals surface area contributed by atoms with Crippen LogP contribution in [0.25, 0.3) is 22.4 Å². The van der Waals surface area contributed by atoms with E-state index in [2.05, 4.69) is 24.3 Å². The van der Waals surface area contributed by atoms with Crippen LogP contribution in [0.1, 0.15) is 16.7 Å². The van der Waals surface area contributed by atoms with E-state index in [1.165, 1.54) is 16.7 Å². The lowest BCUT2D eigenvalue weighted by Crippen LogP contribution is -1.88. The van der Waals surface area contributed by atoms with Crippen molar-refractivity contribution in [3.63, 3.8) is 0 Å². The molecule has 0 aromatic heterocycles. The summed E-state index contributed by atoms with van der Waals surface area (Å²) in [4.78, 5) is 0. The van der Waals surface area contributed by atoms with Gasteiger partial charge in [-0.25, -0.2) is 0 Å². The van der Waals surface area contributed by atoms with Crippen LogP contribution < -0.4 is 14.2 Å². The average Bonchev–Trinajstić information content (AvgIpc) is 3.30. The predicted octanol–water partition coefficient (Wildman–Crippen LogP) is 4.77. The van der Waals surface area contributed by atoms with E-state index < -0.39 is 0 Å². The Morgan fingerprint density at radius 1 is 0.708 bits per heavy atom. The second kappa shape index (κ2) is 5.60. The molecule has 3 aromatic carbocycles. The van der Waals surface area contributed by atoms with Crippen molar-refractivity contribution in [3.8, 4) is 17.2 Å². The highest BCUT2D eigenvalue weighted by molar-refractivity contribution is 6.13. The molecule has 120 valence electrons. The summed E-state index contributed by atoms with van der Waals surface area (Å²) >= 11 is 0. The lowest BCUT2D eigenvalue weighted by molar-refractivity contribution is 0.410. The van der Waals surface area contributed by atoms with Crippen molar-refractivity contribution in [2.24, 2.45) is 0 Å². The summed E-state index contributed by atoms with van der Waals surface area (Å²) in [5.74, 6) is 2.59. The van der Waals surface area contributed by atoms with Crippen LogP contribution in [0.4, 0.5) is 0 Å². The van der Waals surface area contributed by atoms with Crippen LogP contribution >= 0.6 is 0 Å². The van der Waals surface area contributed by atoms with Crippen molar-refractivity contribution >= 4 is 22.4 Å². The Hall–Kier alpha value is -2.94. The van der Waals surface area contributed by atoms with Crippen LogP contribution in [0.15, 0.2) is 48.5 Å². The SMILES string of the molecule is COc1cccc(C=C2c3cc4c(OC)ccc(OC)c4cc32)c1. The van der Waals surface area contributed by atoms with Gasteiger partial charge in [-0.1, -0.05) is 12.1 Å². The fourth-order valence-electron chi connectivity index (χ4n) is 3.14. The number of fused-ring (bicyclic) bond motifs is 2. The molecule has 0 N–H and O–H groups in total. The zero-order valence-electron chi connectivity index (χ0n) is 13.9. The molecule has 4 rings (SSSR count). The van der Waals surface area contributed by atoms with Crippen molar-refractivity contribution in [3.05, 3.63) is 65.2 Å². The summed E-state index contributed by atoms with van der Waals surface area (Å²) in [6.07, 6.45) is 2.19. The summed E-state index contributed by atoms with van der Waals surface area (Å²) in [6.45, 7) is 0. The van der Waals surface area contributed by atoms with Gasteiger partial charge in [0.2, 0.25) is 0 Å². The molecule has 0 heterocycles. The Morgan fingerprint density at radius 2 is 1.33 bits per heavy atom. The van der Waals surface area contributed by atoms with Crippen LogP contribution in [0, 0.1) is 0 Å². The first-order valence-electron chi connectivity index (χ1n) is 7.80. The largest absolute Gasteiger partial charge is 0.497 e. The quantitative estimate of drug-likeness (QED) is 0.542. The molecule has 24 heavy (non-hydrogen) atoms. The molecule has 0 unspecified atom stereocenters. The molecule has 0 fully saturated rings. The van der Waals surface area contributed by atoms with Crippen molar-refractivity contribution in [2.75, 3.05) is 21.3 Å². The van der Waals surface area contributed by atoms with Gasteiger partial charge in [-0.05, 0) is 64.7 Å². The number of ether oxygens (including phenoxy) is 3. The summed E-state index contributed by atoms with van der Waals surface area (Å²) in [5, 5.41) is 2.15. The van der Waals surface area contributed by atoms with Gasteiger partial charge in [-0.3, -0.25) is 0 Å². The van der Waals surface area contributed by atoms with E-state index in [1.54, 1.807) is 21.3 Å². The molecule has 0 saturated carbocycles. The van der Waals surface area contributed by atoms with Gasteiger partial charge >= 0.3 is 0 Å². The summed E-state index contributed by atoms with van der Waals surface area (Å²) in [7, 11) is 5.07. The van der Waals surface area contributed by atoms with Crippen molar-refractivity contribution < 1.29 is 14.2 Å². The maximum atomic E-state index is 5.50. The number of hydrogen-bond acceptors (Lipinski definition) is 3. The zero-order valence-corrected chi connectivity index (χ0v) is 13.9. The maximum Gasteiger partial charge on any atom is 0.126 e. The molecule has 3 nitrogen and oxygen atoms in total. The van der Waals surface area contributed by atoms with Gasteiger partial charge in [-0.2, -0.15) is 0 Å². The first-order valence-corrected chi connectivity index (χ1v) is 7.80. The monoisotopic (exact) mass is 318 g/mol. The van der Waals surface area contributed by atoms with Crippen molar-refractivity contribution in [1.29, 1.82) is 0 Å². The van der Waals surface area contributed by atoms with E-state index in [9.17, 15) is 0 Å². The fraction of sp³-hybridized carbons (Fsp3) is 0.143. The minimum Gasteiger partial charge on any atom is -0.497 e. The van der Waals surface area contributed by atoms with Crippen LogP contribution in [0.2, 0.25) is 0 Å². The van der Waals surface area contributed by atoms with Gasteiger partial charge in [0.1, 0.15) is 17.2 Å². The molecule has 0 amide bonds. The van der Waals surface area contributed by atoms with Gasteiger partial charge < -0.3 is 14.2 Å². The van der Waals surface area contributed by atoms with E-state index >= 15 is 0 Å². The minimum absolute atomic E-state index is 0.862. The summed E-state index contributed by atoms with van der Waals surface area (Å²) < 4.78 is 16.3. The molecule has 0 spiro atoms. The minimum atomic E-state index is 0.862. The van der Waals surface area contributed by atoms with Crippen LogP contribution in [0.5, 0.6) is 17.2 Å². The van der Waals surface area contributed by atoms with Gasteiger partial charge in [0.05, 0.1) is 21.3 Å². The van der Waals surface area contributed by atoms with Crippen LogP contribution in [-0.2, 0) is 0 Å². The van der Waals surface area contributed by atoms with Crippen molar-refractivity contribution in [1.82, 2.24) is 0 Å². The molecule has 0 aliphatic heterocycles. The van der Waals surface area contributed by atoms with E-state index in [0.29, 0.717) is 0 Å². The summed E-state index contributed by atoms with van der Waals surface area (Å²) in [5.41, 5.74) is 4.90. The Balaban J connectivity index is 1.81. The third-order valence-corrected chi connectivity index (χ3v) is 4.44. The number of benzene rings is 3. The van der Waals surface area contributed by atoms with E-state index in [1.807, 2.05) is 30.3 Å². The molecule has 0 saturated heterocycles. The third kappa shape index (κ3) is 2.29. The molecular formula is C21H18O3. The predicted molar refractivity (Wildman–Crippen MR) is 97.0 cm³/mol. The smallest absolute Gasteiger partial charge is 0.126 e. The van der Waals surface area contributed by atoms with E-state index in [0.717, 1.165) is 33.6 Å². The molecule has 0 atom stereocenters. The topological polar surface area (TPSA) is 27.7 Å². The first-order chi connectivity index (χ1) is 11.7. The maximum absolute atomic E-state index is 5.50. The lowest BCUT2D eigenvalue weighted by atomic mass is 10.1. The number of hydrogen-bond donors (Lipinski definition) is 0. The zero-order chi connectivity index (χ0) is 16.7. The molecule has 0 bridgehead atoms. The Morgan fingerprint density at radius 3 is 1.88 bits per heavy atom. The highest BCUT2D eigenvalue weighted by Gasteiger charge is 2.27. The van der Waals surface area contributed by atoms with E-state index in [-0.39, 0.29) is 0 Å². The molecule has 3 aromatic rings. The van der Waals surface area contributed by atoms with E-state index in [4.69, 9.17) is 14.2 Å². The summed E-state index contributed by atoms with van der Waals surface area (Å²) in [6, 6.07) is 16.3. The molecule has 3 heteroatoms. The molecule has 0 radical (unpaired) electrons. The third-order valence-electron chi connectivity index (χ3n) is 4.44. The molecule has 1 aliphatic rings. The van der Waals surface area contributed by atoms with Gasteiger partial charge in [0.15, 0.2) is 0 Å². The first kappa shape index (κ1) is 14.6. The lowest BCUT2D eigenvalue weighted by Gasteiger charge is -2.08. The van der Waals surface area contributed by atoms with Gasteiger partial charge in [0.25, 0.3) is 0 Å². The van der Waals surface area contributed by atoms with Gasteiger partial charge in [0, 0.05) is 10.8 Å². The second-order valence-corrected chi connectivity index (χ2v) is 5.75.